The molecule has 0 aromatic heterocycles. The first-order chi connectivity index (χ1) is 9.66. The molecule has 1 atom stereocenters. The molecule has 0 saturated heterocycles. The van der Waals surface area contributed by atoms with Crippen molar-refractivity contribution in [1.29, 1.82) is 0 Å². The van der Waals surface area contributed by atoms with Gasteiger partial charge in [0.05, 0.1) is 11.6 Å². The van der Waals surface area contributed by atoms with Gasteiger partial charge in [0.2, 0.25) is 0 Å². The lowest BCUT2D eigenvalue weighted by molar-refractivity contribution is 0.297. The Morgan fingerprint density at radius 3 is 2.60 bits per heavy atom. The zero-order valence-corrected chi connectivity index (χ0v) is 11.8. The molecule has 2 N–H and O–H groups in total. The maximum atomic E-state index is 13.3. The highest BCUT2D eigenvalue weighted by Gasteiger charge is 2.10. The van der Waals surface area contributed by atoms with E-state index in [1.807, 2.05) is 30.3 Å². The van der Waals surface area contributed by atoms with Gasteiger partial charge in [0, 0.05) is 6.04 Å². The molecule has 0 spiro atoms. The molecule has 0 amide bonds. The summed E-state index contributed by atoms with van der Waals surface area (Å²) in [6.07, 6.45) is 1.22. The highest BCUT2D eigenvalue weighted by Crippen LogP contribution is 2.21. The van der Waals surface area contributed by atoms with Gasteiger partial charge in [-0.1, -0.05) is 41.9 Å². The summed E-state index contributed by atoms with van der Waals surface area (Å²) >= 11 is 5.91. The molecule has 0 radical (unpaired) electrons. The molecule has 0 fully saturated rings. The fraction of sp³-hybridized carbons (Fsp3) is 0.250. The largest absolute Gasteiger partial charge is 0.494 e. The topological polar surface area (TPSA) is 35.2 Å². The SMILES string of the molecule is NC(CCOc1ccccc1)Cc1cccc(F)c1Cl. The van der Waals surface area contributed by atoms with Crippen LogP contribution in [0, 0.1) is 5.82 Å². The van der Waals surface area contributed by atoms with Crippen molar-refractivity contribution in [1.82, 2.24) is 0 Å². The van der Waals surface area contributed by atoms with Crippen LogP contribution in [0.5, 0.6) is 5.75 Å². The average molecular weight is 294 g/mol. The van der Waals surface area contributed by atoms with Crippen molar-refractivity contribution in [2.45, 2.75) is 18.9 Å². The van der Waals surface area contributed by atoms with E-state index < -0.39 is 5.82 Å². The number of hydrogen-bond acceptors (Lipinski definition) is 2. The summed E-state index contributed by atoms with van der Waals surface area (Å²) in [5, 5.41) is 0.159. The smallest absolute Gasteiger partial charge is 0.142 e. The number of benzene rings is 2. The molecular weight excluding hydrogens is 277 g/mol. The molecule has 0 aliphatic rings. The predicted molar refractivity (Wildman–Crippen MR) is 79.6 cm³/mol. The monoisotopic (exact) mass is 293 g/mol. The van der Waals surface area contributed by atoms with Crippen molar-refractivity contribution < 1.29 is 9.13 Å². The molecule has 0 bridgehead atoms. The van der Waals surface area contributed by atoms with Gasteiger partial charge in [0.15, 0.2) is 0 Å². The summed E-state index contributed by atoms with van der Waals surface area (Å²) < 4.78 is 18.9. The lowest BCUT2D eigenvalue weighted by atomic mass is 10.0. The number of hydrogen-bond donors (Lipinski definition) is 1. The molecule has 20 heavy (non-hydrogen) atoms. The molecular formula is C16H17ClFNO. The Balaban J connectivity index is 1.81. The third-order valence-corrected chi connectivity index (χ3v) is 3.44. The fourth-order valence-corrected chi connectivity index (χ4v) is 2.14. The Morgan fingerprint density at radius 2 is 1.85 bits per heavy atom. The number of rotatable bonds is 6. The third-order valence-electron chi connectivity index (χ3n) is 3.01. The lowest BCUT2D eigenvalue weighted by Gasteiger charge is -2.13. The zero-order chi connectivity index (χ0) is 14.4. The van der Waals surface area contributed by atoms with Gasteiger partial charge in [0.25, 0.3) is 0 Å². The van der Waals surface area contributed by atoms with Crippen molar-refractivity contribution in [2.24, 2.45) is 5.73 Å². The van der Waals surface area contributed by atoms with E-state index in [0.717, 1.165) is 11.3 Å². The molecule has 2 aromatic carbocycles. The van der Waals surface area contributed by atoms with Crippen LogP contribution in [0.25, 0.3) is 0 Å². The van der Waals surface area contributed by atoms with Crippen LogP contribution >= 0.6 is 11.6 Å². The molecule has 0 aliphatic heterocycles. The van der Waals surface area contributed by atoms with E-state index >= 15 is 0 Å². The number of ether oxygens (including phenoxy) is 1. The minimum Gasteiger partial charge on any atom is -0.494 e. The summed E-state index contributed by atoms with van der Waals surface area (Å²) in [6, 6.07) is 14.2. The Bertz CT molecular complexity index is 547. The first-order valence-corrected chi connectivity index (χ1v) is 6.91. The minimum absolute atomic E-state index is 0.113. The number of para-hydroxylation sites is 1. The van der Waals surface area contributed by atoms with Gasteiger partial charge in [-0.25, -0.2) is 4.39 Å². The summed E-state index contributed by atoms with van der Waals surface area (Å²) in [5.41, 5.74) is 6.76. The zero-order valence-electron chi connectivity index (χ0n) is 11.1. The summed E-state index contributed by atoms with van der Waals surface area (Å²) in [6.45, 7) is 0.526. The van der Waals surface area contributed by atoms with Crippen LogP contribution in [0.2, 0.25) is 5.02 Å². The van der Waals surface area contributed by atoms with Gasteiger partial charge >= 0.3 is 0 Å². The fourth-order valence-electron chi connectivity index (χ4n) is 1.94. The second kappa shape index (κ2) is 7.27. The van der Waals surface area contributed by atoms with E-state index in [2.05, 4.69) is 0 Å². The normalized spacial score (nSPS) is 12.2. The van der Waals surface area contributed by atoms with Gasteiger partial charge in [-0.15, -0.1) is 0 Å². The second-order valence-electron chi connectivity index (χ2n) is 4.63. The van der Waals surface area contributed by atoms with Gasteiger partial charge < -0.3 is 10.5 Å². The quantitative estimate of drug-likeness (QED) is 0.879. The van der Waals surface area contributed by atoms with Crippen molar-refractivity contribution >= 4 is 11.6 Å². The Hall–Kier alpha value is -1.58. The van der Waals surface area contributed by atoms with Crippen LogP contribution in [-0.4, -0.2) is 12.6 Å². The maximum absolute atomic E-state index is 13.3. The molecule has 0 aliphatic carbocycles. The second-order valence-corrected chi connectivity index (χ2v) is 5.01. The predicted octanol–water partition coefficient (Wildman–Crippen LogP) is 3.82. The standard InChI is InChI=1S/C16H17ClFNO/c17-16-12(5-4-8-15(16)18)11-13(19)9-10-20-14-6-2-1-3-7-14/h1-8,13H,9-11,19H2. The van der Waals surface area contributed by atoms with Crippen molar-refractivity contribution in [2.75, 3.05) is 6.61 Å². The first-order valence-electron chi connectivity index (χ1n) is 6.53. The van der Waals surface area contributed by atoms with Crippen LogP contribution in [0.4, 0.5) is 4.39 Å². The molecule has 0 saturated carbocycles. The van der Waals surface area contributed by atoms with E-state index in [-0.39, 0.29) is 11.1 Å². The van der Waals surface area contributed by atoms with Crippen molar-refractivity contribution in [3.05, 3.63) is 64.9 Å². The Kier molecular flexibility index (Phi) is 5.39. The lowest BCUT2D eigenvalue weighted by Crippen LogP contribution is -2.25. The summed E-state index contributed by atoms with van der Waals surface area (Å²) in [4.78, 5) is 0. The van der Waals surface area contributed by atoms with E-state index in [9.17, 15) is 4.39 Å². The molecule has 106 valence electrons. The van der Waals surface area contributed by atoms with E-state index in [4.69, 9.17) is 22.1 Å². The van der Waals surface area contributed by atoms with Crippen LogP contribution in [0.15, 0.2) is 48.5 Å². The average Bonchev–Trinajstić information content (AvgIpc) is 2.45. The summed E-state index contributed by atoms with van der Waals surface area (Å²) in [5.74, 6) is 0.417. The van der Waals surface area contributed by atoms with E-state index in [1.54, 1.807) is 12.1 Å². The molecule has 2 nitrogen and oxygen atoms in total. The van der Waals surface area contributed by atoms with Gasteiger partial charge in [-0.3, -0.25) is 0 Å². The van der Waals surface area contributed by atoms with Crippen molar-refractivity contribution in [3.8, 4) is 5.75 Å². The van der Waals surface area contributed by atoms with Crippen LogP contribution in [-0.2, 0) is 6.42 Å². The van der Waals surface area contributed by atoms with Gasteiger partial charge in [-0.05, 0) is 36.6 Å². The number of nitrogens with two attached hydrogens (primary N) is 1. The van der Waals surface area contributed by atoms with Crippen LogP contribution < -0.4 is 10.5 Å². The number of halogens is 2. The molecule has 2 rings (SSSR count). The van der Waals surface area contributed by atoms with E-state index in [0.29, 0.717) is 19.4 Å². The van der Waals surface area contributed by atoms with E-state index in [1.165, 1.54) is 6.07 Å². The first kappa shape index (κ1) is 14.8. The Labute approximate surface area is 123 Å². The highest BCUT2D eigenvalue weighted by molar-refractivity contribution is 6.31. The summed E-state index contributed by atoms with van der Waals surface area (Å²) in [7, 11) is 0. The highest BCUT2D eigenvalue weighted by atomic mass is 35.5. The molecule has 2 aromatic rings. The minimum atomic E-state index is -0.406. The van der Waals surface area contributed by atoms with Gasteiger partial charge in [-0.2, -0.15) is 0 Å². The molecule has 0 heterocycles. The molecule has 4 heteroatoms. The Morgan fingerprint density at radius 1 is 1.10 bits per heavy atom. The van der Waals surface area contributed by atoms with Gasteiger partial charge in [0.1, 0.15) is 11.6 Å². The van der Waals surface area contributed by atoms with Crippen molar-refractivity contribution in [3.63, 3.8) is 0 Å². The molecule has 1 unspecified atom stereocenters. The maximum Gasteiger partial charge on any atom is 0.142 e. The van der Waals surface area contributed by atoms with Crippen LogP contribution in [0.1, 0.15) is 12.0 Å². The third kappa shape index (κ3) is 4.22. The van der Waals surface area contributed by atoms with Crippen LogP contribution in [0.3, 0.4) is 0 Å².